The maximum atomic E-state index is 13.4. The van der Waals surface area contributed by atoms with Crippen molar-refractivity contribution in [3.05, 3.63) is 94.0 Å². The first-order valence-electron chi connectivity index (χ1n) is 11.6. The van der Waals surface area contributed by atoms with Crippen molar-refractivity contribution in [2.24, 2.45) is 0 Å². The number of carbonyl (C=O) groups is 1. The van der Waals surface area contributed by atoms with Gasteiger partial charge < -0.3 is 15.0 Å². The number of hydrogen-bond acceptors (Lipinski definition) is 5. The number of aromatic nitrogens is 2. The molecule has 1 saturated heterocycles. The number of carbonyl (C=O) groups excluding carboxylic acids is 1. The van der Waals surface area contributed by atoms with Crippen molar-refractivity contribution < 1.29 is 22.7 Å². The zero-order valence-electron chi connectivity index (χ0n) is 19.9. The third-order valence-electron chi connectivity index (χ3n) is 6.30. The number of alkyl halides is 3. The van der Waals surface area contributed by atoms with E-state index >= 15 is 0 Å². The van der Waals surface area contributed by atoms with Gasteiger partial charge in [-0.15, -0.1) is 0 Å². The van der Waals surface area contributed by atoms with Crippen LogP contribution in [0.2, 0.25) is 0 Å². The number of aryl methyl sites for hydroxylation is 1. The summed E-state index contributed by atoms with van der Waals surface area (Å²) in [6.45, 7) is 4.63. The molecule has 0 saturated carbocycles. The van der Waals surface area contributed by atoms with Gasteiger partial charge in [-0.2, -0.15) is 13.2 Å². The lowest BCUT2D eigenvalue weighted by Gasteiger charge is -2.28. The predicted molar refractivity (Wildman–Crippen MR) is 135 cm³/mol. The van der Waals surface area contributed by atoms with Gasteiger partial charge in [-0.1, -0.05) is 12.1 Å². The second-order valence-corrected chi connectivity index (χ2v) is 8.75. The van der Waals surface area contributed by atoms with Crippen LogP contribution in [-0.2, 0) is 10.9 Å². The van der Waals surface area contributed by atoms with Crippen molar-refractivity contribution in [3.8, 4) is 5.69 Å². The molecule has 1 fully saturated rings. The highest BCUT2D eigenvalue weighted by molar-refractivity contribution is 6.04. The third-order valence-corrected chi connectivity index (χ3v) is 6.30. The van der Waals surface area contributed by atoms with Crippen molar-refractivity contribution >= 4 is 28.2 Å². The van der Waals surface area contributed by atoms with Crippen LogP contribution in [0.15, 0.2) is 71.8 Å². The predicted octanol–water partition coefficient (Wildman–Crippen LogP) is 4.80. The van der Waals surface area contributed by atoms with Gasteiger partial charge in [-0.25, -0.2) is 4.98 Å². The zero-order chi connectivity index (χ0) is 26.2. The number of ether oxygens (including phenoxy) is 1. The van der Waals surface area contributed by atoms with Crippen LogP contribution in [0, 0.1) is 6.92 Å². The highest BCUT2D eigenvalue weighted by atomic mass is 19.4. The molecule has 3 aromatic carbocycles. The van der Waals surface area contributed by atoms with Crippen molar-refractivity contribution in [3.63, 3.8) is 0 Å². The van der Waals surface area contributed by atoms with E-state index in [1.54, 1.807) is 24.3 Å². The molecule has 0 bridgehead atoms. The minimum absolute atomic E-state index is 0.127. The smallest absolute Gasteiger partial charge is 0.378 e. The van der Waals surface area contributed by atoms with Gasteiger partial charge in [-0.05, 0) is 61.0 Å². The lowest BCUT2D eigenvalue weighted by molar-refractivity contribution is -0.137. The summed E-state index contributed by atoms with van der Waals surface area (Å²) >= 11 is 0. The molecule has 2 heterocycles. The maximum Gasteiger partial charge on any atom is 0.416 e. The van der Waals surface area contributed by atoms with E-state index in [-0.39, 0.29) is 11.1 Å². The SMILES string of the molecule is Cc1ccc(NC(=O)c2cccc(C(F)(F)F)c2)cc1-n1cnc2cc(N3CCOCC3)ccc2c1=O. The Morgan fingerprint density at radius 1 is 1.03 bits per heavy atom. The van der Waals surface area contributed by atoms with Crippen LogP contribution in [-0.4, -0.2) is 41.8 Å². The van der Waals surface area contributed by atoms with Gasteiger partial charge in [0.1, 0.15) is 6.33 Å². The molecule has 1 amide bonds. The zero-order valence-corrected chi connectivity index (χ0v) is 19.9. The van der Waals surface area contributed by atoms with Crippen LogP contribution in [0.25, 0.3) is 16.6 Å². The summed E-state index contributed by atoms with van der Waals surface area (Å²) in [6, 6.07) is 14.7. The van der Waals surface area contributed by atoms with E-state index in [9.17, 15) is 22.8 Å². The Kier molecular flexibility index (Phi) is 6.43. The van der Waals surface area contributed by atoms with Crippen molar-refractivity contribution in [2.45, 2.75) is 13.1 Å². The van der Waals surface area contributed by atoms with Crippen molar-refractivity contribution in [1.82, 2.24) is 9.55 Å². The lowest BCUT2D eigenvalue weighted by Crippen LogP contribution is -2.36. The average molecular weight is 509 g/mol. The van der Waals surface area contributed by atoms with Crippen LogP contribution >= 0.6 is 0 Å². The number of hydrogen-bond donors (Lipinski definition) is 1. The first kappa shape index (κ1) is 24.5. The van der Waals surface area contributed by atoms with Gasteiger partial charge in [0.05, 0.1) is 35.4 Å². The van der Waals surface area contributed by atoms with Gasteiger partial charge in [-0.3, -0.25) is 14.2 Å². The van der Waals surface area contributed by atoms with E-state index in [1.165, 1.54) is 23.0 Å². The fourth-order valence-electron chi connectivity index (χ4n) is 4.29. The molecule has 0 aliphatic carbocycles. The summed E-state index contributed by atoms with van der Waals surface area (Å²) in [5.41, 5.74) is 1.81. The van der Waals surface area contributed by atoms with Crippen LogP contribution in [0.1, 0.15) is 21.5 Å². The molecule has 1 aliphatic rings. The van der Waals surface area contributed by atoms with Gasteiger partial charge >= 0.3 is 6.18 Å². The molecule has 4 aromatic rings. The minimum atomic E-state index is -4.56. The van der Waals surface area contributed by atoms with E-state index in [1.807, 2.05) is 19.1 Å². The molecule has 37 heavy (non-hydrogen) atoms. The minimum Gasteiger partial charge on any atom is -0.378 e. The molecule has 0 spiro atoms. The van der Waals surface area contributed by atoms with Crippen LogP contribution in [0.5, 0.6) is 0 Å². The number of nitrogens with one attached hydrogen (secondary N) is 1. The topological polar surface area (TPSA) is 76.5 Å². The quantitative estimate of drug-likeness (QED) is 0.429. The highest BCUT2D eigenvalue weighted by Gasteiger charge is 2.31. The largest absolute Gasteiger partial charge is 0.416 e. The molecular formula is C27H23F3N4O3. The van der Waals surface area contributed by atoms with Crippen LogP contribution < -0.4 is 15.8 Å². The Morgan fingerprint density at radius 2 is 1.81 bits per heavy atom. The third kappa shape index (κ3) is 5.05. The Balaban J connectivity index is 1.44. The van der Waals surface area contributed by atoms with Gasteiger partial charge in [0.2, 0.25) is 0 Å². The Hall–Kier alpha value is -4.18. The second kappa shape index (κ2) is 9.70. The van der Waals surface area contributed by atoms with E-state index in [2.05, 4.69) is 15.2 Å². The van der Waals surface area contributed by atoms with E-state index < -0.39 is 17.6 Å². The lowest BCUT2D eigenvalue weighted by atomic mass is 10.1. The summed E-state index contributed by atoms with van der Waals surface area (Å²) in [6.07, 6.45) is -3.12. The number of anilines is 2. The van der Waals surface area contributed by atoms with Gasteiger partial charge in [0.15, 0.2) is 0 Å². The standard InChI is InChI=1S/C27H23F3N4O3/c1-17-5-6-20(32-25(35)18-3-2-4-19(13-18)27(28,29)30)14-24(17)34-16-31-23-15-21(7-8-22(23)26(34)36)33-9-11-37-12-10-33/h2-8,13-16H,9-12H2,1H3,(H,32,35). The Morgan fingerprint density at radius 3 is 2.57 bits per heavy atom. The maximum absolute atomic E-state index is 13.4. The fourth-order valence-corrected chi connectivity index (χ4v) is 4.29. The molecule has 190 valence electrons. The number of fused-ring (bicyclic) bond motifs is 1. The van der Waals surface area contributed by atoms with Crippen molar-refractivity contribution in [2.75, 3.05) is 36.5 Å². The Labute approximate surface area is 210 Å². The molecule has 1 N–H and O–H groups in total. The Bertz CT molecular complexity index is 1540. The van der Waals surface area contributed by atoms with Crippen molar-refractivity contribution in [1.29, 1.82) is 0 Å². The molecule has 1 aromatic heterocycles. The van der Waals surface area contributed by atoms with Crippen LogP contribution in [0.3, 0.4) is 0 Å². The number of nitrogens with zero attached hydrogens (tertiary/aromatic N) is 3. The summed E-state index contributed by atoms with van der Waals surface area (Å²) < 4.78 is 45.9. The molecule has 0 atom stereocenters. The molecule has 5 rings (SSSR count). The number of rotatable bonds is 4. The van der Waals surface area contributed by atoms with E-state index in [4.69, 9.17) is 4.74 Å². The molecule has 7 nitrogen and oxygen atoms in total. The summed E-state index contributed by atoms with van der Waals surface area (Å²) in [5, 5.41) is 3.06. The van der Waals surface area contributed by atoms with Gasteiger partial charge in [0.25, 0.3) is 11.5 Å². The highest BCUT2D eigenvalue weighted by Crippen LogP contribution is 2.30. The van der Waals surface area contributed by atoms with Gasteiger partial charge in [0, 0.05) is 30.0 Å². The first-order chi connectivity index (χ1) is 17.7. The number of morpholine rings is 1. The molecule has 1 aliphatic heterocycles. The normalized spacial score (nSPS) is 14.1. The van der Waals surface area contributed by atoms with E-state index in [0.717, 1.165) is 36.5 Å². The number of halogens is 3. The monoisotopic (exact) mass is 508 g/mol. The average Bonchev–Trinajstić information content (AvgIpc) is 2.90. The van der Waals surface area contributed by atoms with Crippen LogP contribution in [0.4, 0.5) is 24.5 Å². The first-order valence-corrected chi connectivity index (χ1v) is 11.6. The second-order valence-electron chi connectivity index (χ2n) is 8.75. The summed E-state index contributed by atoms with van der Waals surface area (Å²) in [7, 11) is 0. The fraction of sp³-hybridized carbons (Fsp3) is 0.222. The number of benzene rings is 3. The number of amides is 1. The molecule has 10 heteroatoms. The summed E-state index contributed by atoms with van der Waals surface area (Å²) in [5.74, 6) is -0.694. The molecule has 0 unspecified atom stereocenters. The molecule has 0 radical (unpaired) electrons. The summed E-state index contributed by atoms with van der Waals surface area (Å²) in [4.78, 5) is 32.7. The van der Waals surface area contributed by atoms with E-state index in [0.29, 0.717) is 35.5 Å². The molecular weight excluding hydrogens is 485 g/mol.